The van der Waals surface area contributed by atoms with Crippen LogP contribution in [-0.2, 0) is 0 Å². The second kappa shape index (κ2) is 12.5. The van der Waals surface area contributed by atoms with Crippen molar-refractivity contribution in [2.24, 2.45) is 53.3 Å². The summed E-state index contributed by atoms with van der Waals surface area (Å²) in [6.07, 6.45) is 9.45. The molecule has 0 radical (unpaired) electrons. The van der Waals surface area contributed by atoms with E-state index in [0.717, 1.165) is 41.4 Å². The van der Waals surface area contributed by atoms with E-state index in [2.05, 4.69) is 48.5 Å². The van der Waals surface area contributed by atoms with Crippen molar-refractivity contribution >= 4 is 0 Å². The molecule has 3 rings (SSSR count). The van der Waals surface area contributed by atoms with Crippen molar-refractivity contribution in [3.8, 4) is 0 Å². The second-order valence-corrected chi connectivity index (χ2v) is 10.8. The Labute approximate surface area is 170 Å². The van der Waals surface area contributed by atoms with Crippen LogP contribution in [0.5, 0.6) is 0 Å². The van der Waals surface area contributed by atoms with Gasteiger partial charge in [-0.05, 0) is 91.8 Å². The molecule has 3 fully saturated rings. The monoisotopic (exact) mass is 382 g/mol. The fourth-order valence-electron chi connectivity index (χ4n) is 4.63. The lowest BCUT2D eigenvalue weighted by atomic mass is 9.69. The van der Waals surface area contributed by atoms with Crippen LogP contribution in [0.3, 0.4) is 0 Å². The van der Waals surface area contributed by atoms with Crippen LogP contribution in [0.25, 0.3) is 0 Å². The molecule has 0 saturated heterocycles. The Balaban J connectivity index is 0.000000202. The predicted octanol–water partition coefficient (Wildman–Crippen LogP) is 6.40. The van der Waals surface area contributed by atoms with Crippen LogP contribution >= 0.6 is 0 Å². The van der Waals surface area contributed by atoms with Crippen LogP contribution in [0.1, 0.15) is 93.4 Å². The van der Waals surface area contributed by atoms with Crippen molar-refractivity contribution in [3.05, 3.63) is 0 Å². The van der Waals surface area contributed by atoms with Gasteiger partial charge in [0, 0.05) is 13.2 Å². The Kier molecular flexibility index (Phi) is 11.5. The Bertz CT molecular complexity index is 301. The number of hydrogen-bond acceptors (Lipinski definition) is 2. The van der Waals surface area contributed by atoms with Gasteiger partial charge < -0.3 is 10.2 Å². The number of hydrogen-bond donors (Lipinski definition) is 2. The molecule has 0 atom stereocenters. The molecule has 2 N–H and O–H groups in total. The maximum absolute atomic E-state index is 8.69. The normalized spacial score (nSPS) is 34.7. The van der Waals surface area contributed by atoms with Crippen molar-refractivity contribution in [2.45, 2.75) is 93.4 Å². The van der Waals surface area contributed by atoms with E-state index in [0.29, 0.717) is 25.0 Å². The predicted molar refractivity (Wildman–Crippen MR) is 118 cm³/mol. The SMILES string of the molecule is CC(C)C1CC(CO)C1.CC(C)C1CC(CO)C1.CCC1CC(C(C)C)C1. The van der Waals surface area contributed by atoms with Crippen molar-refractivity contribution in [3.63, 3.8) is 0 Å². The molecule has 3 aliphatic carbocycles. The molecule has 0 aromatic carbocycles. The van der Waals surface area contributed by atoms with Crippen LogP contribution < -0.4 is 0 Å². The first kappa shape index (κ1) is 25.0. The molecule has 3 saturated carbocycles. The topological polar surface area (TPSA) is 40.5 Å². The largest absolute Gasteiger partial charge is 0.396 e. The summed E-state index contributed by atoms with van der Waals surface area (Å²) >= 11 is 0. The van der Waals surface area contributed by atoms with Gasteiger partial charge in [-0.1, -0.05) is 54.9 Å². The second-order valence-electron chi connectivity index (χ2n) is 10.8. The lowest BCUT2D eigenvalue weighted by molar-refractivity contribution is 0.0800. The van der Waals surface area contributed by atoms with Crippen LogP contribution in [0, 0.1) is 53.3 Å². The van der Waals surface area contributed by atoms with Gasteiger partial charge in [0.15, 0.2) is 0 Å². The number of rotatable bonds is 6. The quantitative estimate of drug-likeness (QED) is 0.558. The first-order valence-corrected chi connectivity index (χ1v) is 11.9. The molecule has 3 aliphatic rings. The molecular formula is C25H50O2. The van der Waals surface area contributed by atoms with Crippen LogP contribution in [0.4, 0.5) is 0 Å². The van der Waals surface area contributed by atoms with E-state index in [9.17, 15) is 0 Å². The molecule has 0 amide bonds. The highest BCUT2D eigenvalue weighted by Gasteiger charge is 2.31. The highest BCUT2D eigenvalue weighted by molar-refractivity contribution is 4.81. The smallest absolute Gasteiger partial charge is 0.0459 e. The van der Waals surface area contributed by atoms with E-state index in [-0.39, 0.29) is 0 Å². The fraction of sp³-hybridized carbons (Fsp3) is 1.00. The molecule has 0 unspecified atom stereocenters. The van der Waals surface area contributed by atoms with E-state index < -0.39 is 0 Å². The third-order valence-electron chi connectivity index (χ3n) is 7.74. The van der Waals surface area contributed by atoms with Crippen LogP contribution in [-0.4, -0.2) is 23.4 Å². The Morgan fingerprint density at radius 3 is 1.00 bits per heavy atom. The Morgan fingerprint density at radius 1 is 0.556 bits per heavy atom. The summed E-state index contributed by atoms with van der Waals surface area (Å²) in [5.41, 5.74) is 0. The molecule has 0 aromatic rings. The van der Waals surface area contributed by atoms with Crippen LogP contribution in [0.15, 0.2) is 0 Å². The highest BCUT2D eigenvalue weighted by Crippen LogP contribution is 2.40. The molecule has 162 valence electrons. The van der Waals surface area contributed by atoms with Gasteiger partial charge >= 0.3 is 0 Å². The summed E-state index contributed by atoms with van der Waals surface area (Å²) in [5, 5.41) is 17.4. The van der Waals surface area contributed by atoms with Gasteiger partial charge in [0.2, 0.25) is 0 Å². The summed E-state index contributed by atoms with van der Waals surface area (Å²) in [6.45, 7) is 16.9. The zero-order valence-corrected chi connectivity index (χ0v) is 19.5. The first-order chi connectivity index (χ1) is 12.7. The van der Waals surface area contributed by atoms with E-state index >= 15 is 0 Å². The van der Waals surface area contributed by atoms with Gasteiger partial charge in [-0.25, -0.2) is 0 Å². The minimum atomic E-state index is 0.406. The zero-order valence-electron chi connectivity index (χ0n) is 19.5. The lowest BCUT2D eigenvalue weighted by Crippen LogP contribution is -2.29. The minimum absolute atomic E-state index is 0.406. The molecule has 2 heteroatoms. The Morgan fingerprint density at radius 2 is 0.815 bits per heavy atom. The summed E-state index contributed by atoms with van der Waals surface area (Å²) in [5.74, 6) is 7.82. The third-order valence-corrected chi connectivity index (χ3v) is 7.74. The van der Waals surface area contributed by atoms with Gasteiger partial charge in [0.05, 0.1) is 0 Å². The molecule has 2 nitrogen and oxygen atoms in total. The molecule has 0 heterocycles. The van der Waals surface area contributed by atoms with E-state index in [1.807, 2.05) is 0 Å². The maximum atomic E-state index is 8.69. The summed E-state index contributed by atoms with van der Waals surface area (Å²) in [4.78, 5) is 0. The Hall–Kier alpha value is -0.0800. The average molecular weight is 383 g/mol. The van der Waals surface area contributed by atoms with Gasteiger partial charge in [-0.3, -0.25) is 0 Å². The van der Waals surface area contributed by atoms with Gasteiger partial charge in [-0.2, -0.15) is 0 Å². The molecular weight excluding hydrogens is 332 g/mol. The molecule has 0 bridgehead atoms. The number of aliphatic hydroxyl groups is 2. The van der Waals surface area contributed by atoms with E-state index in [1.54, 1.807) is 0 Å². The third kappa shape index (κ3) is 8.44. The lowest BCUT2D eigenvalue weighted by Gasteiger charge is -2.37. The average Bonchev–Trinajstić information content (AvgIpc) is 2.44. The van der Waals surface area contributed by atoms with Crippen molar-refractivity contribution in [1.29, 1.82) is 0 Å². The maximum Gasteiger partial charge on any atom is 0.0459 e. The van der Waals surface area contributed by atoms with Crippen molar-refractivity contribution < 1.29 is 10.2 Å². The number of aliphatic hydroxyl groups excluding tert-OH is 2. The summed E-state index contributed by atoms with van der Waals surface area (Å²) in [6, 6.07) is 0. The molecule has 0 aromatic heterocycles. The standard InChI is InChI=1S/C9H18.2C8H16O/c1-4-8-5-9(6-8)7(2)3;2*1-6(2)8-3-7(4-8)5-9/h7-9H,4-6H2,1-3H3;2*6-9H,3-5H2,1-2H3. The molecule has 0 spiro atoms. The fourth-order valence-corrected chi connectivity index (χ4v) is 4.63. The molecule has 0 aliphatic heterocycles. The van der Waals surface area contributed by atoms with Gasteiger partial charge in [0.25, 0.3) is 0 Å². The van der Waals surface area contributed by atoms with Gasteiger partial charge in [0.1, 0.15) is 0 Å². The van der Waals surface area contributed by atoms with Gasteiger partial charge in [-0.15, -0.1) is 0 Å². The van der Waals surface area contributed by atoms with E-state index in [1.165, 1.54) is 44.9 Å². The highest BCUT2D eigenvalue weighted by atomic mass is 16.3. The van der Waals surface area contributed by atoms with Crippen molar-refractivity contribution in [1.82, 2.24) is 0 Å². The van der Waals surface area contributed by atoms with E-state index in [4.69, 9.17) is 10.2 Å². The van der Waals surface area contributed by atoms with Crippen LogP contribution in [0.2, 0.25) is 0 Å². The minimum Gasteiger partial charge on any atom is -0.396 e. The summed E-state index contributed by atoms with van der Waals surface area (Å²) in [7, 11) is 0. The van der Waals surface area contributed by atoms with Crippen molar-refractivity contribution in [2.75, 3.05) is 13.2 Å². The zero-order chi connectivity index (χ0) is 20.6. The summed E-state index contributed by atoms with van der Waals surface area (Å²) < 4.78 is 0. The first-order valence-electron chi connectivity index (χ1n) is 11.9. The molecule has 27 heavy (non-hydrogen) atoms.